The first-order valence-electron chi connectivity index (χ1n) is 7.96. The van der Waals surface area contributed by atoms with Gasteiger partial charge in [-0.1, -0.05) is 72.1 Å². The molecule has 17 heavy (non-hydrogen) atoms. The summed E-state index contributed by atoms with van der Waals surface area (Å²) < 4.78 is 6.04. The molecule has 0 spiro atoms. The minimum absolute atomic E-state index is 0.546. The van der Waals surface area contributed by atoms with Crippen molar-refractivity contribution < 1.29 is 4.65 Å². The van der Waals surface area contributed by atoms with E-state index >= 15 is 0 Å². The van der Waals surface area contributed by atoms with Gasteiger partial charge in [0.15, 0.2) is 0 Å². The summed E-state index contributed by atoms with van der Waals surface area (Å²) in [6, 6.07) is 0. The molecule has 0 aromatic heterocycles. The van der Waals surface area contributed by atoms with Gasteiger partial charge < -0.3 is 4.65 Å². The lowest BCUT2D eigenvalue weighted by molar-refractivity contribution is 0.304. The Morgan fingerprint density at radius 3 is 1.59 bits per heavy atom. The molecule has 0 saturated heterocycles. The van der Waals surface area contributed by atoms with E-state index in [-0.39, 0.29) is 0 Å². The molecule has 0 radical (unpaired) electrons. The molecule has 0 atom stereocenters. The van der Waals surface area contributed by atoms with E-state index in [1.54, 1.807) is 0 Å². The predicted molar refractivity (Wildman–Crippen MR) is 79.9 cm³/mol. The molecule has 0 heterocycles. The van der Waals surface area contributed by atoms with Gasteiger partial charge in [0.2, 0.25) is 0 Å². The zero-order chi connectivity index (χ0) is 12.8. The highest BCUT2D eigenvalue weighted by Crippen LogP contribution is 2.13. The Kier molecular flexibility index (Phi) is 14.1. The van der Waals surface area contributed by atoms with Crippen molar-refractivity contribution >= 4 is 6.92 Å². The molecule has 0 fully saturated rings. The first-order chi connectivity index (χ1) is 8.35. The maximum absolute atomic E-state index is 6.04. The van der Waals surface area contributed by atoms with Crippen molar-refractivity contribution in [2.24, 2.45) is 0 Å². The number of unbranched alkanes of at least 4 members (excludes halogenated alkanes) is 6. The van der Waals surface area contributed by atoms with E-state index in [2.05, 4.69) is 20.8 Å². The topological polar surface area (TPSA) is 9.23 Å². The Morgan fingerprint density at radius 2 is 1.12 bits per heavy atom. The Morgan fingerprint density at radius 1 is 0.647 bits per heavy atom. The minimum Gasteiger partial charge on any atom is -0.436 e. The standard InChI is InChI=1S/C15H33BO/c1-4-7-10-13-16(14-11-8-5-2)17-15-12-9-6-3/h4-15H2,1-3H3. The van der Waals surface area contributed by atoms with Crippen LogP contribution in [-0.4, -0.2) is 13.5 Å². The lowest BCUT2D eigenvalue weighted by atomic mass is 9.59. The third kappa shape index (κ3) is 12.3. The molecule has 2 heteroatoms. The van der Waals surface area contributed by atoms with E-state index in [1.165, 1.54) is 70.4 Å². The molecule has 0 aliphatic carbocycles. The van der Waals surface area contributed by atoms with Crippen LogP contribution >= 0.6 is 0 Å². The number of hydrogen-bond donors (Lipinski definition) is 0. The first-order valence-corrected chi connectivity index (χ1v) is 7.96. The van der Waals surface area contributed by atoms with Crippen molar-refractivity contribution in [2.75, 3.05) is 6.61 Å². The van der Waals surface area contributed by atoms with Crippen LogP contribution in [-0.2, 0) is 4.65 Å². The molecule has 0 unspecified atom stereocenters. The summed E-state index contributed by atoms with van der Waals surface area (Å²) in [5.41, 5.74) is 0. The third-order valence-corrected chi connectivity index (χ3v) is 3.36. The fourth-order valence-electron chi connectivity index (χ4n) is 2.16. The predicted octanol–water partition coefficient (Wildman–Crippen LogP) is 5.57. The third-order valence-electron chi connectivity index (χ3n) is 3.36. The summed E-state index contributed by atoms with van der Waals surface area (Å²) in [6.45, 7) is 8.32. The fourth-order valence-corrected chi connectivity index (χ4v) is 2.16. The van der Waals surface area contributed by atoms with E-state index in [0.29, 0.717) is 6.92 Å². The molecule has 102 valence electrons. The van der Waals surface area contributed by atoms with Crippen LogP contribution in [0.2, 0.25) is 12.6 Å². The van der Waals surface area contributed by atoms with E-state index in [4.69, 9.17) is 4.65 Å². The molecule has 1 nitrogen and oxygen atoms in total. The molecule has 0 rings (SSSR count). The molecule has 0 aliphatic heterocycles. The van der Waals surface area contributed by atoms with Gasteiger partial charge in [0.1, 0.15) is 0 Å². The minimum atomic E-state index is 0.546. The molecule has 0 aromatic rings. The van der Waals surface area contributed by atoms with Gasteiger partial charge in [-0.25, -0.2) is 0 Å². The summed E-state index contributed by atoms with van der Waals surface area (Å²) in [6.07, 6.45) is 14.5. The van der Waals surface area contributed by atoms with Gasteiger partial charge in [0.25, 0.3) is 6.92 Å². The van der Waals surface area contributed by atoms with Gasteiger partial charge in [-0.2, -0.15) is 0 Å². The zero-order valence-corrected chi connectivity index (χ0v) is 12.5. The van der Waals surface area contributed by atoms with Crippen LogP contribution in [0.5, 0.6) is 0 Å². The normalized spacial score (nSPS) is 10.8. The van der Waals surface area contributed by atoms with Gasteiger partial charge >= 0.3 is 0 Å². The monoisotopic (exact) mass is 240 g/mol. The van der Waals surface area contributed by atoms with Crippen molar-refractivity contribution in [2.45, 2.75) is 91.2 Å². The van der Waals surface area contributed by atoms with Crippen LogP contribution in [0.25, 0.3) is 0 Å². The lowest BCUT2D eigenvalue weighted by Gasteiger charge is -2.14. The van der Waals surface area contributed by atoms with E-state index in [0.717, 1.165) is 6.61 Å². The highest BCUT2D eigenvalue weighted by molar-refractivity contribution is 6.51. The maximum Gasteiger partial charge on any atom is 0.293 e. The quantitative estimate of drug-likeness (QED) is 0.302. The van der Waals surface area contributed by atoms with Crippen molar-refractivity contribution in [1.82, 2.24) is 0 Å². The van der Waals surface area contributed by atoms with Crippen LogP contribution in [0.3, 0.4) is 0 Å². The highest BCUT2D eigenvalue weighted by atomic mass is 16.4. The van der Waals surface area contributed by atoms with Crippen LogP contribution < -0.4 is 0 Å². The van der Waals surface area contributed by atoms with Gasteiger partial charge in [-0.05, 0) is 19.1 Å². The summed E-state index contributed by atoms with van der Waals surface area (Å²) in [4.78, 5) is 0. The molecule has 0 aliphatic rings. The zero-order valence-electron chi connectivity index (χ0n) is 12.5. The molecular formula is C15H33BO. The van der Waals surface area contributed by atoms with Crippen molar-refractivity contribution in [3.8, 4) is 0 Å². The number of hydrogen-bond acceptors (Lipinski definition) is 1. The first kappa shape index (κ1) is 17.0. The van der Waals surface area contributed by atoms with Crippen LogP contribution in [0.1, 0.15) is 78.6 Å². The lowest BCUT2D eigenvalue weighted by Crippen LogP contribution is -2.18. The van der Waals surface area contributed by atoms with Crippen molar-refractivity contribution in [1.29, 1.82) is 0 Å². The van der Waals surface area contributed by atoms with Crippen LogP contribution in [0.4, 0.5) is 0 Å². The average molecular weight is 240 g/mol. The Labute approximate surface area is 110 Å². The molecule has 0 aromatic carbocycles. The number of rotatable bonds is 13. The van der Waals surface area contributed by atoms with E-state index in [1.807, 2.05) is 0 Å². The molecule has 0 amide bonds. The van der Waals surface area contributed by atoms with Crippen LogP contribution in [0.15, 0.2) is 0 Å². The van der Waals surface area contributed by atoms with E-state index < -0.39 is 0 Å². The van der Waals surface area contributed by atoms with Gasteiger partial charge in [0.05, 0.1) is 0 Å². The molecule has 0 saturated carbocycles. The molecular weight excluding hydrogens is 207 g/mol. The van der Waals surface area contributed by atoms with Gasteiger partial charge in [0, 0.05) is 6.61 Å². The molecule has 0 bridgehead atoms. The fraction of sp³-hybridized carbons (Fsp3) is 1.00. The average Bonchev–Trinajstić information content (AvgIpc) is 2.34. The van der Waals surface area contributed by atoms with Gasteiger partial charge in [-0.3, -0.25) is 0 Å². The summed E-state index contributed by atoms with van der Waals surface area (Å²) in [7, 11) is 0. The Bertz CT molecular complexity index is 129. The smallest absolute Gasteiger partial charge is 0.293 e. The van der Waals surface area contributed by atoms with Gasteiger partial charge in [-0.15, -0.1) is 0 Å². The Balaban J connectivity index is 3.60. The summed E-state index contributed by atoms with van der Waals surface area (Å²) >= 11 is 0. The Hall–Kier alpha value is 0.0249. The van der Waals surface area contributed by atoms with E-state index in [9.17, 15) is 0 Å². The second-order valence-corrected chi connectivity index (χ2v) is 5.19. The van der Waals surface area contributed by atoms with Crippen molar-refractivity contribution in [3.63, 3.8) is 0 Å². The highest BCUT2D eigenvalue weighted by Gasteiger charge is 2.14. The summed E-state index contributed by atoms with van der Waals surface area (Å²) in [5.74, 6) is 0. The summed E-state index contributed by atoms with van der Waals surface area (Å²) in [5, 5.41) is 0. The largest absolute Gasteiger partial charge is 0.436 e. The SMILES string of the molecule is CCCCCOB(CCCCC)CCCCC. The second-order valence-electron chi connectivity index (χ2n) is 5.19. The van der Waals surface area contributed by atoms with Crippen LogP contribution in [0, 0.1) is 0 Å². The second kappa shape index (κ2) is 14.1. The molecule has 0 N–H and O–H groups in total. The maximum atomic E-state index is 6.04. The van der Waals surface area contributed by atoms with Crippen molar-refractivity contribution in [3.05, 3.63) is 0 Å².